The summed E-state index contributed by atoms with van der Waals surface area (Å²) in [7, 11) is -3.24. The molecular weight excluding hydrogens is 452 g/mol. The highest BCUT2D eigenvalue weighted by Crippen LogP contribution is 2.38. The number of sulfone groups is 1. The largest absolute Gasteiger partial charge is 0.384 e. The highest BCUT2D eigenvalue weighted by molar-refractivity contribution is 7.90. The molecule has 0 saturated carbocycles. The molecule has 0 bridgehead atoms. The second-order valence-electron chi connectivity index (χ2n) is 7.80. The lowest BCUT2D eigenvalue weighted by Gasteiger charge is -2.13. The molecule has 4 rings (SSSR count). The van der Waals surface area contributed by atoms with Gasteiger partial charge in [-0.2, -0.15) is 5.10 Å². The van der Waals surface area contributed by atoms with E-state index in [-0.39, 0.29) is 0 Å². The lowest BCUT2D eigenvalue weighted by molar-refractivity contribution is 0.0734. The first-order valence-electron chi connectivity index (χ1n) is 9.52. The van der Waals surface area contributed by atoms with Crippen LogP contribution in [0.1, 0.15) is 19.5 Å². The number of aliphatic hydroxyl groups is 1. The standard InChI is InChI=1S/C23H21ClN2O3S2/c1-23(2,27)22-14-19(26(25-22)18-7-5-4-6-17(18)24)21-13-12-20(30-21)15-8-10-16(11-9-15)31(3,28)29/h4-14,27H,1-3H3. The molecule has 5 nitrogen and oxygen atoms in total. The van der Waals surface area contributed by atoms with E-state index in [4.69, 9.17) is 11.6 Å². The van der Waals surface area contributed by atoms with E-state index in [2.05, 4.69) is 5.10 Å². The maximum Gasteiger partial charge on any atom is 0.175 e. The molecule has 0 saturated heterocycles. The molecule has 0 atom stereocenters. The Kier molecular flexibility index (Phi) is 5.55. The molecular formula is C23H21ClN2O3S2. The van der Waals surface area contributed by atoms with Crippen molar-refractivity contribution in [1.29, 1.82) is 0 Å². The van der Waals surface area contributed by atoms with Crippen LogP contribution in [0, 0.1) is 0 Å². The van der Waals surface area contributed by atoms with Crippen LogP contribution in [0.15, 0.2) is 71.6 Å². The van der Waals surface area contributed by atoms with E-state index < -0.39 is 15.4 Å². The number of hydrogen-bond donors (Lipinski definition) is 1. The van der Waals surface area contributed by atoms with Crippen molar-refractivity contribution in [3.63, 3.8) is 0 Å². The number of aromatic nitrogens is 2. The second kappa shape index (κ2) is 7.91. The highest BCUT2D eigenvalue weighted by Gasteiger charge is 2.24. The van der Waals surface area contributed by atoms with Crippen molar-refractivity contribution in [1.82, 2.24) is 9.78 Å². The Morgan fingerprint density at radius 3 is 2.26 bits per heavy atom. The summed E-state index contributed by atoms with van der Waals surface area (Å²) in [5, 5.41) is 15.7. The van der Waals surface area contributed by atoms with Gasteiger partial charge in [-0.3, -0.25) is 0 Å². The molecule has 2 aromatic carbocycles. The highest BCUT2D eigenvalue weighted by atomic mass is 35.5. The van der Waals surface area contributed by atoms with E-state index in [0.717, 1.165) is 26.7 Å². The predicted octanol–water partition coefficient (Wildman–Crippen LogP) is 5.55. The summed E-state index contributed by atoms with van der Waals surface area (Å²) in [6.45, 7) is 3.39. The molecule has 0 aliphatic carbocycles. The number of thiophene rings is 1. The minimum Gasteiger partial charge on any atom is -0.384 e. The number of nitrogens with zero attached hydrogens (tertiary/aromatic N) is 2. The van der Waals surface area contributed by atoms with Gasteiger partial charge in [0.15, 0.2) is 9.84 Å². The Bertz CT molecular complexity index is 1350. The fourth-order valence-electron chi connectivity index (χ4n) is 3.16. The fourth-order valence-corrected chi connectivity index (χ4v) is 5.02. The monoisotopic (exact) mass is 472 g/mol. The molecule has 4 aromatic rings. The third-order valence-corrected chi connectivity index (χ3v) is 7.45. The van der Waals surface area contributed by atoms with Gasteiger partial charge >= 0.3 is 0 Å². The van der Waals surface area contributed by atoms with Crippen LogP contribution in [0.25, 0.3) is 26.7 Å². The summed E-state index contributed by atoms with van der Waals surface area (Å²) in [6.07, 6.45) is 1.20. The van der Waals surface area contributed by atoms with Crippen molar-refractivity contribution in [3.05, 3.63) is 77.4 Å². The van der Waals surface area contributed by atoms with E-state index >= 15 is 0 Å². The lowest BCUT2D eigenvalue weighted by atomic mass is 10.1. The van der Waals surface area contributed by atoms with E-state index in [0.29, 0.717) is 15.6 Å². The first-order valence-corrected chi connectivity index (χ1v) is 12.6. The zero-order valence-electron chi connectivity index (χ0n) is 17.2. The molecule has 1 N–H and O–H groups in total. The summed E-state index contributed by atoms with van der Waals surface area (Å²) in [5.74, 6) is 0. The quantitative estimate of drug-likeness (QED) is 0.413. The van der Waals surface area contributed by atoms with Crippen molar-refractivity contribution in [2.45, 2.75) is 24.3 Å². The smallest absolute Gasteiger partial charge is 0.175 e. The summed E-state index contributed by atoms with van der Waals surface area (Å²) in [6, 6.07) is 20.1. The van der Waals surface area contributed by atoms with Gasteiger partial charge in [0.2, 0.25) is 0 Å². The minimum atomic E-state index is -3.24. The van der Waals surface area contributed by atoms with Crippen LogP contribution in [0.3, 0.4) is 0 Å². The first-order chi connectivity index (χ1) is 14.5. The molecule has 2 aromatic heterocycles. The van der Waals surface area contributed by atoms with Gasteiger partial charge in [0.25, 0.3) is 0 Å². The maximum atomic E-state index is 11.7. The number of benzene rings is 2. The minimum absolute atomic E-state index is 0.291. The average Bonchev–Trinajstić information content (AvgIpc) is 3.35. The van der Waals surface area contributed by atoms with Crippen LogP contribution >= 0.6 is 22.9 Å². The zero-order valence-corrected chi connectivity index (χ0v) is 19.6. The molecule has 31 heavy (non-hydrogen) atoms. The predicted molar refractivity (Wildman–Crippen MR) is 126 cm³/mol. The van der Waals surface area contributed by atoms with Gasteiger partial charge in [0.1, 0.15) is 5.60 Å². The van der Waals surface area contributed by atoms with Crippen molar-refractivity contribution in [2.75, 3.05) is 6.26 Å². The molecule has 2 heterocycles. The summed E-state index contributed by atoms with van der Waals surface area (Å²) in [4.78, 5) is 2.23. The molecule has 160 valence electrons. The Balaban J connectivity index is 1.80. The molecule has 0 amide bonds. The Hall–Kier alpha value is -2.45. The van der Waals surface area contributed by atoms with Crippen LogP contribution in [-0.4, -0.2) is 29.6 Å². The van der Waals surface area contributed by atoms with Crippen molar-refractivity contribution in [2.24, 2.45) is 0 Å². The average molecular weight is 473 g/mol. The van der Waals surface area contributed by atoms with Gasteiger partial charge in [-0.15, -0.1) is 11.3 Å². The zero-order chi connectivity index (χ0) is 22.4. The van der Waals surface area contributed by atoms with Gasteiger partial charge in [-0.25, -0.2) is 13.1 Å². The molecule has 8 heteroatoms. The Labute approximate surface area is 190 Å². The number of para-hydroxylation sites is 1. The van der Waals surface area contributed by atoms with Gasteiger partial charge in [-0.1, -0.05) is 35.9 Å². The van der Waals surface area contributed by atoms with Crippen LogP contribution in [0.4, 0.5) is 0 Å². The van der Waals surface area contributed by atoms with Crippen LogP contribution in [-0.2, 0) is 15.4 Å². The topological polar surface area (TPSA) is 72.2 Å². The fraction of sp³-hybridized carbons (Fsp3) is 0.174. The molecule has 0 unspecified atom stereocenters. The number of rotatable bonds is 5. The SMILES string of the molecule is CC(C)(O)c1cc(-c2ccc(-c3ccc(S(C)(=O)=O)cc3)s2)n(-c2ccccc2Cl)n1. The van der Waals surface area contributed by atoms with Crippen molar-refractivity contribution >= 4 is 32.8 Å². The molecule has 0 fully saturated rings. The summed E-state index contributed by atoms with van der Waals surface area (Å²) >= 11 is 7.98. The van der Waals surface area contributed by atoms with E-state index in [9.17, 15) is 13.5 Å². The van der Waals surface area contributed by atoms with Gasteiger partial charge in [0, 0.05) is 11.1 Å². The summed E-state index contributed by atoms with van der Waals surface area (Å²) < 4.78 is 25.2. The third-order valence-electron chi connectivity index (χ3n) is 4.84. The van der Waals surface area contributed by atoms with Crippen molar-refractivity contribution in [3.8, 4) is 26.7 Å². The van der Waals surface area contributed by atoms with Crippen LogP contribution in [0.5, 0.6) is 0 Å². The molecule has 0 spiro atoms. The summed E-state index contributed by atoms with van der Waals surface area (Å²) in [5.41, 5.74) is 1.89. The van der Waals surface area contributed by atoms with Gasteiger partial charge < -0.3 is 5.11 Å². The molecule has 0 radical (unpaired) electrons. The maximum absolute atomic E-state index is 11.7. The number of halogens is 1. The van der Waals surface area contributed by atoms with Crippen molar-refractivity contribution < 1.29 is 13.5 Å². The Morgan fingerprint density at radius 2 is 1.65 bits per heavy atom. The first kappa shape index (κ1) is 21.8. The van der Waals surface area contributed by atoms with Crippen LogP contribution < -0.4 is 0 Å². The van der Waals surface area contributed by atoms with E-state index in [1.54, 1.807) is 60.2 Å². The molecule has 0 aliphatic heterocycles. The Morgan fingerprint density at radius 1 is 1.00 bits per heavy atom. The third kappa shape index (κ3) is 4.45. The number of hydrogen-bond acceptors (Lipinski definition) is 5. The lowest BCUT2D eigenvalue weighted by Crippen LogP contribution is -2.16. The normalized spacial score (nSPS) is 12.3. The second-order valence-corrected chi connectivity index (χ2v) is 11.3. The van der Waals surface area contributed by atoms with Gasteiger partial charge in [-0.05, 0) is 61.9 Å². The molecule has 0 aliphatic rings. The van der Waals surface area contributed by atoms with E-state index in [1.165, 1.54) is 6.26 Å². The van der Waals surface area contributed by atoms with Gasteiger partial charge in [0.05, 0.1) is 31.9 Å². The van der Waals surface area contributed by atoms with E-state index in [1.807, 2.05) is 36.4 Å². The van der Waals surface area contributed by atoms with Crippen LogP contribution in [0.2, 0.25) is 5.02 Å².